The SMILES string of the molecule is CC(=O)N1c2cccc3c2C(CCC3N2CCOCC2)C1C1=CCCC=C1F. The molecule has 0 radical (unpaired) electrons. The van der Waals surface area contributed by atoms with E-state index < -0.39 is 0 Å². The number of morpholine rings is 1. The Morgan fingerprint density at radius 2 is 1.93 bits per heavy atom. The van der Waals surface area contributed by atoms with Crippen LogP contribution in [0.1, 0.15) is 55.7 Å². The molecule has 5 heteroatoms. The number of ether oxygens (including phenoxy) is 1. The van der Waals surface area contributed by atoms with Crippen molar-refractivity contribution in [2.45, 2.75) is 50.6 Å². The molecule has 1 amide bonds. The topological polar surface area (TPSA) is 32.8 Å². The summed E-state index contributed by atoms with van der Waals surface area (Å²) < 4.78 is 20.3. The number of carbonyl (C=O) groups excluding carboxylic acids is 1. The van der Waals surface area contributed by atoms with Crippen molar-refractivity contribution in [3.63, 3.8) is 0 Å². The summed E-state index contributed by atoms with van der Waals surface area (Å²) in [5.74, 6) is 0.0260. The van der Waals surface area contributed by atoms with Crippen LogP contribution in [0, 0.1) is 0 Å². The van der Waals surface area contributed by atoms with Crippen molar-refractivity contribution in [3.05, 3.63) is 52.9 Å². The van der Waals surface area contributed by atoms with Gasteiger partial charge >= 0.3 is 0 Å². The van der Waals surface area contributed by atoms with E-state index in [9.17, 15) is 9.18 Å². The van der Waals surface area contributed by atoms with Crippen LogP contribution in [0.4, 0.5) is 10.1 Å². The molecule has 5 rings (SSSR count). The van der Waals surface area contributed by atoms with Crippen molar-refractivity contribution in [2.24, 2.45) is 0 Å². The molecule has 0 bridgehead atoms. The molecule has 0 saturated carbocycles. The monoisotopic (exact) mass is 382 g/mol. The minimum Gasteiger partial charge on any atom is -0.379 e. The van der Waals surface area contributed by atoms with E-state index in [0.29, 0.717) is 11.6 Å². The van der Waals surface area contributed by atoms with Crippen molar-refractivity contribution < 1.29 is 13.9 Å². The van der Waals surface area contributed by atoms with Gasteiger partial charge in [0, 0.05) is 43.2 Å². The number of allylic oxidation sites excluding steroid dienone is 2. The number of benzene rings is 1. The lowest BCUT2D eigenvalue weighted by atomic mass is 9.75. The lowest BCUT2D eigenvalue weighted by Crippen LogP contribution is -2.42. The lowest BCUT2D eigenvalue weighted by Gasteiger charge is -2.40. The number of anilines is 1. The van der Waals surface area contributed by atoms with Gasteiger partial charge in [-0.1, -0.05) is 18.2 Å². The van der Waals surface area contributed by atoms with E-state index in [1.807, 2.05) is 17.0 Å². The minimum atomic E-state index is -0.212. The number of hydrogen-bond donors (Lipinski definition) is 0. The van der Waals surface area contributed by atoms with Crippen molar-refractivity contribution >= 4 is 11.6 Å². The molecule has 2 heterocycles. The molecule has 2 aliphatic heterocycles. The van der Waals surface area contributed by atoms with E-state index in [0.717, 1.165) is 57.7 Å². The first-order valence-corrected chi connectivity index (χ1v) is 10.5. The number of halogens is 1. The fourth-order valence-electron chi connectivity index (χ4n) is 5.67. The molecule has 28 heavy (non-hydrogen) atoms. The van der Waals surface area contributed by atoms with Crippen LogP contribution in [0.2, 0.25) is 0 Å². The second-order valence-electron chi connectivity index (χ2n) is 8.25. The highest BCUT2D eigenvalue weighted by atomic mass is 19.1. The zero-order chi connectivity index (χ0) is 19.3. The zero-order valence-corrected chi connectivity index (χ0v) is 16.4. The number of amides is 1. The van der Waals surface area contributed by atoms with Gasteiger partial charge in [-0.2, -0.15) is 0 Å². The van der Waals surface area contributed by atoms with E-state index in [1.165, 1.54) is 11.1 Å². The second-order valence-corrected chi connectivity index (χ2v) is 8.25. The fourth-order valence-corrected chi connectivity index (χ4v) is 5.67. The van der Waals surface area contributed by atoms with Crippen LogP contribution in [-0.4, -0.2) is 43.2 Å². The van der Waals surface area contributed by atoms with Crippen molar-refractivity contribution in [1.82, 2.24) is 4.90 Å². The smallest absolute Gasteiger partial charge is 0.224 e. The molecule has 1 fully saturated rings. The minimum absolute atomic E-state index is 0.00463. The van der Waals surface area contributed by atoms with Gasteiger partial charge in [-0.25, -0.2) is 4.39 Å². The fraction of sp³-hybridized carbons (Fsp3) is 0.522. The summed E-state index contributed by atoms with van der Waals surface area (Å²) >= 11 is 0. The van der Waals surface area contributed by atoms with Crippen LogP contribution in [0.15, 0.2) is 41.8 Å². The molecule has 4 aliphatic rings. The largest absolute Gasteiger partial charge is 0.379 e. The quantitative estimate of drug-likeness (QED) is 0.767. The Hall–Kier alpha value is -1.98. The lowest BCUT2D eigenvalue weighted by molar-refractivity contribution is -0.116. The van der Waals surface area contributed by atoms with Gasteiger partial charge in [-0.15, -0.1) is 0 Å². The third-order valence-electron chi connectivity index (χ3n) is 6.79. The molecule has 148 valence electrons. The molecule has 4 nitrogen and oxygen atoms in total. The molecule has 0 aromatic heterocycles. The maximum atomic E-state index is 14.8. The molecule has 3 atom stereocenters. The van der Waals surface area contributed by atoms with E-state index in [1.54, 1.807) is 13.0 Å². The van der Waals surface area contributed by atoms with Crippen LogP contribution in [0.25, 0.3) is 0 Å². The standard InChI is InChI=1S/C23H27FN2O2/c1-15(27)26-21-8-4-6-17-20(25-11-13-28-14-12-25)10-9-18(22(17)21)23(26)16-5-2-3-7-19(16)24/h4-8,18,20,23H,2-3,9-14H2,1H3. The summed E-state index contributed by atoms with van der Waals surface area (Å²) in [6, 6.07) is 6.47. The second kappa shape index (κ2) is 7.12. The normalized spacial score (nSPS) is 29.9. The summed E-state index contributed by atoms with van der Waals surface area (Å²) in [6.45, 7) is 5.05. The van der Waals surface area contributed by atoms with E-state index >= 15 is 0 Å². The average molecular weight is 382 g/mol. The summed E-state index contributed by atoms with van der Waals surface area (Å²) in [5.41, 5.74) is 4.28. The third kappa shape index (κ3) is 2.75. The van der Waals surface area contributed by atoms with Gasteiger partial charge in [0.05, 0.1) is 19.3 Å². The maximum absolute atomic E-state index is 14.8. The molecule has 1 saturated heterocycles. The van der Waals surface area contributed by atoms with Crippen LogP contribution < -0.4 is 4.90 Å². The highest BCUT2D eigenvalue weighted by molar-refractivity contribution is 5.96. The Bertz CT molecular complexity index is 856. The number of carbonyl (C=O) groups is 1. The predicted molar refractivity (Wildman–Crippen MR) is 107 cm³/mol. The van der Waals surface area contributed by atoms with Crippen molar-refractivity contribution in [3.8, 4) is 0 Å². The van der Waals surface area contributed by atoms with Gasteiger partial charge in [0.2, 0.25) is 5.91 Å². The van der Waals surface area contributed by atoms with Crippen molar-refractivity contribution in [1.29, 1.82) is 0 Å². The highest BCUT2D eigenvalue weighted by Crippen LogP contribution is 2.54. The number of nitrogens with zero attached hydrogens (tertiary/aromatic N) is 2. The van der Waals surface area contributed by atoms with Gasteiger partial charge in [-0.3, -0.25) is 9.69 Å². The first-order chi connectivity index (χ1) is 13.7. The highest BCUT2D eigenvalue weighted by Gasteiger charge is 2.47. The van der Waals surface area contributed by atoms with Crippen LogP contribution >= 0.6 is 0 Å². The maximum Gasteiger partial charge on any atom is 0.224 e. The molecule has 0 N–H and O–H groups in total. The molecule has 0 spiro atoms. The zero-order valence-electron chi connectivity index (χ0n) is 16.4. The molecular formula is C23H27FN2O2. The van der Waals surface area contributed by atoms with Gasteiger partial charge in [-0.05, 0) is 49.0 Å². The van der Waals surface area contributed by atoms with Gasteiger partial charge in [0.15, 0.2) is 0 Å². The summed E-state index contributed by atoms with van der Waals surface area (Å²) in [4.78, 5) is 17.0. The molecule has 2 aliphatic carbocycles. The Morgan fingerprint density at radius 3 is 2.68 bits per heavy atom. The van der Waals surface area contributed by atoms with Crippen molar-refractivity contribution in [2.75, 3.05) is 31.2 Å². The Kier molecular flexibility index (Phi) is 4.60. The van der Waals surface area contributed by atoms with Gasteiger partial charge in [0.25, 0.3) is 0 Å². The molecule has 1 aromatic carbocycles. The Balaban J connectivity index is 1.59. The first kappa shape index (κ1) is 18.1. The van der Waals surface area contributed by atoms with Gasteiger partial charge < -0.3 is 9.64 Å². The first-order valence-electron chi connectivity index (χ1n) is 10.5. The van der Waals surface area contributed by atoms with Gasteiger partial charge in [0.1, 0.15) is 5.83 Å². The van der Waals surface area contributed by atoms with Crippen LogP contribution in [0.3, 0.4) is 0 Å². The van der Waals surface area contributed by atoms with E-state index in [-0.39, 0.29) is 23.7 Å². The van der Waals surface area contributed by atoms with Crippen LogP contribution in [-0.2, 0) is 9.53 Å². The Labute approximate surface area is 165 Å². The van der Waals surface area contributed by atoms with E-state index in [4.69, 9.17) is 4.74 Å². The number of hydrogen-bond acceptors (Lipinski definition) is 3. The molecule has 3 unspecified atom stereocenters. The molecular weight excluding hydrogens is 355 g/mol. The van der Waals surface area contributed by atoms with E-state index in [2.05, 4.69) is 17.0 Å². The summed E-state index contributed by atoms with van der Waals surface area (Å²) in [7, 11) is 0. The third-order valence-corrected chi connectivity index (χ3v) is 6.79. The Morgan fingerprint density at radius 1 is 1.14 bits per heavy atom. The van der Waals surface area contributed by atoms with Crippen LogP contribution in [0.5, 0.6) is 0 Å². The predicted octanol–water partition coefficient (Wildman–Crippen LogP) is 4.25. The summed E-state index contributed by atoms with van der Waals surface area (Å²) in [5, 5.41) is 0. The number of rotatable bonds is 2. The molecule has 1 aromatic rings. The average Bonchev–Trinajstić information content (AvgIpc) is 3.05. The summed E-state index contributed by atoms with van der Waals surface area (Å²) in [6.07, 6.45) is 7.29.